The Kier molecular flexibility index (Phi) is 5.15. The molecule has 3 rings (SSSR count). The van der Waals surface area contributed by atoms with Crippen LogP contribution in [0.3, 0.4) is 0 Å². The Morgan fingerprint density at radius 1 is 0.652 bits per heavy atom. The summed E-state index contributed by atoms with van der Waals surface area (Å²) in [6.07, 6.45) is 5.90. The highest BCUT2D eigenvalue weighted by Crippen LogP contribution is 2.19. The van der Waals surface area contributed by atoms with Crippen molar-refractivity contribution < 1.29 is 0 Å². The number of hydrogen-bond acceptors (Lipinski definition) is 1. The normalized spacial score (nSPS) is 11.3. The highest BCUT2D eigenvalue weighted by atomic mass is 14.7. The van der Waals surface area contributed by atoms with Gasteiger partial charge in [-0.2, -0.15) is 0 Å². The lowest BCUT2D eigenvalue weighted by atomic mass is 10.0. The molecule has 0 atom stereocenters. The summed E-state index contributed by atoms with van der Waals surface area (Å²) in [7, 11) is 0. The van der Waals surface area contributed by atoms with E-state index in [1.165, 1.54) is 22.3 Å². The van der Waals surface area contributed by atoms with E-state index >= 15 is 0 Å². The first-order valence-corrected chi connectivity index (χ1v) is 7.78. The molecule has 0 unspecified atom stereocenters. The molecule has 0 amide bonds. The molecule has 0 radical (unpaired) electrons. The highest BCUT2D eigenvalue weighted by Gasteiger charge is 1.96. The van der Waals surface area contributed by atoms with Crippen molar-refractivity contribution in [3.8, 4) is 11.1 Å². The minimum atomic E-state index is 0.703. The second kappa shape index (κ2) is 7.90. The van der Waals surface area contributed by atoms with Gasteiger partial charge in [-0.15, -0.1) is 0 Å². The van der Waals surface area contributed by atoms with E-state index in [1.807, 2.05) is 36.6 Å². The van der Waals surface area contributed by atoms with E-state index in [2.05, 4.69) is 71.7 Å². The van der Waals surface area contributed by atoms with E-state index < -0.39 is 0 Å². The van der Waals surface area contributed by atoms with Crippen LogP contribution in [0.4, 0.5) is 0 Å². The quantitative estimate of drug-likeness (QED) is 0.541. The van der Waals surface area contributed by atoms with Crippen molar-refractivity contribution in [2.45, 2.75) is 6.54 Å². The molecule has 3 aromatic carbocycles. The number of benzene rings is 3. The van der Waals surface area contributed by atoms with Crippen LogP contribution in [0, 0.1) is 0 Å². The van der Waals surface area contributed by atoms with Crippen LogP contribution in [-0.4, -0.2) is 6.21 Å². The summed E-state index contributed by atoms with van der Waals surface area (Å²) in [5.74, 6) is 0. The first-order valence-electron chi connectivity index (χ1n) is 7.78. The van der Waals surface area contributed by atoms with Crippen molar-refractivity contribution >= 4 is 12.3 Å². The third-order valence-electron chi connectivity index (χ3n) is 3.61. The molecule has 0 spiro atoms. The van der Waals surface area contributed by atoms with Crippen molar-refractivity contribution in [2.75, 3.05) is 0 Å². The molecule has 23 heavy (non-hydrogen) atoms. The SMILES string of the molecule is C(/C=C/c1ccccc1)=NCc1ccc(-c2ccccc2)cc1. The van der Waals surface area contributed by atoms with Gasteiger partial charge < -0.3 is 0 Å². The van der Waals surface area contributed by atoms with Crippen LogP contribution in [0.1, 0.15) is 11.1 Å². The number of nitrogens with zero attached hydrogens (tertiary/aromatic N) is 1. The van der Waals surface area contributed by atoms with Crippen molar-refractivity contribution in [3.05, 3.63) is 102 Å². The molecule has 3 aromatic rings. The average molecular weight is 297 g/mol. The van der Waals surface area contributed by atoms with Gasteiger partial charge >= 0.3 is 0 Å². The van der Waals surface area contributed by atoms with E-state index in [4.69, 9.17) is 0 Å². The van der Waals surface area contributed by atoms with Crippen molar-refractivity contribution in [1.82, 2.24) is 0 Å². The summed E-state index contributed by atoms with van der Waals surface area (Å²) in [5.41, 5.74) is 4.89. The molecule has 0 aliphatic carbocycles. The maximum absolute atomic E-state index is 4.45. The fourth-order valence-corrected chi connectivity index (χ4v) is 2.37. The Bertz CT molecular complexity index is 769. The first-order chi connectivity index (χ1) is 11.4. The first kappa shape index (κ1) is 15.0. The van der Waals surface area contributed by atoms with Crippen LogP contribution in [0.2, 0.25) is 0 Å². The number of rotatable bonds is 5. The van der Waals surface area contributed by atoms with Gasteiger partial charge in [0, 0.05) is 6.21 Å². The molecule has 0 heterocycles. The van der Waals surface area contributed by atoms with Crippen LogP contribution in [-0.2, 0) is 6.54 Å². The predicted molar refractivity (Wildman–Crippen MR) is 99.6 cm³/mol. The molecule has 0 saturated heterocycles. The van der Waals surface area contributed by atoms with Crippen molar-refractivity contribution in [2.24, 2.45) is 4.99 Å². The van der Waals surface area contributed by atoms with E-state index in [0.717, 1.165) is 0 Å². The predicted octanol–water partition coefficient (Wildman–Crippen LogP) is 5.64. The third kappa shape index (κ3) is 4.52. The number of hydrogen-bond donors (Lipinski definition) is 0. The minimum absolute atomic E-state index is 0.703. The lowest BCUT2D eigenvalue weighted by molar-refractivity contribution is 1.08. The lowest BCUT2D eigenvalue weighted by Gasteiger charge is -2.02. The Morgan fingerprint density at radius 3 is 1.96 bits per heavy atom. The number of allylic oxidation sites excluding steroid dienone is 1. The van der Waals surface area contributed by atoms with Gasteiger partial charge in [0.2, 0.25) is 0 Å². The summed E-state index contributed by atoms with van der Waals surface area (Å²) in [6, 6.07) is 29.2. The maximum atomic E-state index is 4.45. The third-order valence-corrected chi connectivity index (χ3v) is 3.61. The Morgan fingerprint density at radius 2 is 1.26 bits per heavy atom. The minimum Gasteiger partial charge on any atom is -0.288 e. The Balaban J connectivity index is 1.56. The van der Waals surface area contributed by atoms with E-state index in [-0.39, 0.29) is 0 Å². The standard InChI is InChI=1S/C22H19N/c1-3-8-19(9-4-1)10-7-17-23-18-20-13-15-22(16-14-20)21-11-5-2-6-12-21/h1-17H,18H2/b10-7+,23-17?. The van der Waals surface area contributed by atoms with Crippen LogP contribution in [0.5, 0.6) is 0 Å². The Labute approximate surface area is 137 Å². The molecule has 0 fully saturated rings. The molecule has 0 aliphatic heterocycles. The van der Waals surface area contributed by atoms with Gasteiger partial charge in [0.25, 0.3) is 0 Å². The molecular weight excluding hydrogens is 278 g/mol. The fraction of sp³-hybridized carbons (Fsp3) is 0.0455. The molecule has 0 N–H and O–H groups in total. The van der Waals surface area contributed by atoms with Crippen molar-refractivity contribution in [1.29, 1.82) is 0 Å². The zero-order valence-electron chi connectivity index (χ0n) is 13.0. The van der Waals surface area contributed by atoms with Crippen LogP contribution in [0.25, 0.3) is 17.2 Å². The molecule has 0 bridgehead atoms. The van der Waals surface area contributed by atoms with Gasteiger partial charge in [-0.25, -0.2) is 0 Å². The summed E-state index contributed by atoms with van der Waals surface area (Å²) in [6.45, 7) is 0.703. The summed E-state index contributed by atoms with van der Waals surface area (Å²) < 4.78 is 0. The van der Waals surface area contributed by atoms with Gasteiger partial charge in [-0.05, 0) is 28.3 Å². The molecule has 0 saturated carbocycles. The molecular formula is C22H19N. The van der Waals surface area contributed by atoms with Gasteiger partial charge in [0.1, 0.15) is 0 Å². The smallest absolute Gasteiger partial charge is 0.0639 e. The van der Waals surface area contributed by atoms with E-state index in [1.54, 1.807) is 0 Å². The molecule has 1 nitrogen and oxygen atoms in total. The monoisotopic (exact) mass is 297 g/mol. The lowest BCUT2D eigenvalue weighted by Crippen LogP contribution is -1.83. The molecule has 112 valence electrons. The topological polar surface area (TPSA) is 12.4 Å². The summed E-state index contributed by atoms with van der Waals surface area (Å²) >= 11 is 0. The number of aliphatic imine (C=N–C) groups is 1. The van der Waals surface area contributed by atoms with Crippen LogP contribution in [0.15, 0.2) is 96.0 Å². The Hall–Kier alpha value is -2.93. The van der Waals surface area contributed by atoms with Gasteiger partial charge in [-0.3, -0.25) is 4.99 Å². The second-order valence-corrected chi connectivity index (χ2v) is 5.32. The molecule has 0 aromatic heterocycles. The summed E-state index contributed by atoms with van der Waals surface area (Å²) in [4.78, 5) is 4.45. The van der Waals surface area contributed by atoms with Gasteiger partial charge in [-0.1, -0.05) is 91.0 Å². The zero-order valence-corrected chi connectivity index (χ0v) is 13.0. The van der Waals surface area contributed by atoms with Crippen LogP contribution >= 0.6 is 0 Å². The fourth-order valence-electron chi connectivity index (χ4n) is 2.37. The molecule has 1 heteroatoms. The maximum Gasteiger partial charge on any atom is 0.0639 e. The summed E-state index contributed by atoms with van der Waals surface area (Å²) in [5, 5.41) is 0. The highest BCUT2D eigenvalue weighted by molar-refractivity contribution is 5.78. The van der Waals surface area contributed by atoms with Gasteiger partial charge in [0.15, 0.2) is 0 Å². The average Bonchev–Trinajstić information content (AvgIpc) is 2.64. The zero-order chi connectivity index (χ0) is 15.7. The molecule has 0 aliphatic rings. The van der Waals surface area contributed by atoms with Gasteiger partial charge in [0.05, 0.1) is 6.54 Å². The van der Waals surface area contributed by atoms with Crippen LogP contribution < -0.4 is 0 Å². The largest absolute Gasteiger partial charge is 0.288 e. The second-order valence-electron chi connectivity index (χ2n) is 5.32. The van der Waals surface area contributed by atoms with Crippen molar-refractivity contribution in [3.63, 3.8) is 0 Å². The van der Waals surface area contributed by atoms with E-state index in [9.17, 15) is 0 Å². The van der Waals surface area contributed by atoms with E-state index in [0.29, 0.717) is 6.54 Å².